The summed E-state index contributed by atoms with van der Waals surface area (Å²) in [6, 6.07) is 10.1. The Morgan fingerprint density at radius 3 is 2.50 bits per heavy atom. The summed E-state index contributed by atoms with van der Waals surface area (Å²) in [7, 11) is 3.68. The quantitative estimate of drug-likeness (QED) is 0.682. The number of amides is 1. The molecule has 0 unspecified atom stereocenters. The van der Waals surface area contributed by atoms with Crippen molar-refractivity contribution in [2.75, 3.05) is 18.9 Å². The van der Waals surface area contributed by atoms with Gasteiger partial charge in [0.05, 0.1) is 12.2 Å². The van der Waals surface area contributed by atoms with Gasteiger partial charge in [0.1, 0.15) is 11.6 Å². The summed E-state index contributed by atoms with van der Waals surface area (Å²) in [6.07, 6.45) is 4.18. The van der Waals surface area contributed by atoms with Crippen molar-refractivity contribution < 1.29 is 9.18 Å². The number of benzene rings is 1. The Balaban J connectivity index is 1.77. The molecule has 0 atom stereocenters. The molecule has 1 aromatic carbocycles. The molecule has 0 saturated heterocycles. The first-order valence-electron chi connectivity index (χ1n) is 9.17. The standard InChI is InChI=1S/C21H24FN5O/c1-4-18-20(16-5-7-17(22)8-6-16)21(27(3)25-18)24-19(28)14-26(2)13-15-9-11-23-12-10-15/h5-12H,4,13-14H2,1-3H3,(H,24,28). The summed E-state index contributed by atoms with van der Waals surface area (Å²) >= 11 is 0. The van der Waals surface area contributed by atoms with Crippen LogP contribution in [0.2, 0.25) is 0 Å². The average molecular weight is 381 g/mol. The Bertz CT molecular complexity index is 937. The number of anilines is 1. The third-order valence-corrected chi connectivity index (χ3v) is 4.46. The van der Waals surface area contributed by atoms with E-state index in [1.165, 1.54) is 12.1 Å². The van der Waals surface area contributed by atoms with Gasteiger partial charge in [-0.1, -0.05) is 19.1 Å². The number of halogens is 1. The van der Waals surface area contributed by atoms with E-state index in [0.717, 1.165) is 22.4 Å². The fraction of sp³-hybridized carbons (Fsp3) is 0.286. The SMILES string of the molecule is CCc1nn(C)c(NC(=O)CN(C)Cc2ccncc2)c1-c1ccc(F)cc1. The molecule has 28 heavy (non-hydrogen) atoms. The zero-order chi connectivity index (χ0) is 20.1. The van der Waals surface area contributed by atoms with E-state index in [4.69, 9.17) is 0 Å². The van der Waals surface area contributed by atoms with E-state index in [9.17, 15) is 9.18 Å². The molecule has 0 aliphatic rings. The van der Waals surface area contributed by atoms with Gasteiger partial charge < -0.3 is 5.32 Å². The number of rotatable bonds is 7. The van der Waals surface area contributed by atoms with Gasteiger partial charge in [0.2, 0.25) is 5.91 Å². The molecule has 6 nitrogen and oxygen atoms in total. The zero-order valence-electron chi connectivity index (χ0n) is 16.3. The molecule has 1 amide bonds. The second-order valence-corrected chi connectivity index (χ2v) is 6.73. The zero-order valence-corrected chi connectivity index (χ0v) is 16.3. The molecule has 0 radical (unpaired) electrons. The normalized spacial score (nSPS) is 11.0. The van der Waals surface area contributed by atoms with Crippen molar-refractivity contribution >= 4 is 11.7 Å². The lowest BCUT2D eigenvalue weighted by Crippen LogP contribution is -2.30. The molecule has 0 saturated carbocycles. The Kier molecular flexibility index (Phi) is 6.16. The number of hydrogen-bond donors (Lipinski definition) is 1. The van der Waals surface area contributed by atoms with Crippen LogP contribution in [0.25, 0.3) is 11.1 Å². The molecule has 0 bridgehead atoms. The van der Waals surface area contributed by atoms with Gasteiger partial charge >= 0.3 is 0 Å². The Morgan fingerprint density at radius 2 is 1.86 bits per heavy atom. The van der Waals surface area contributed by atoms with Crippen LogP contribution in [0.5, 0.6) is 0 Å². The monoisotopic (exact) mass is 381 g/mol. The maximum Gasteiger partial charge on any atom is 0.239 e. The van der Waals surface area contributed by atoms with Crippen molar-refractivity contribution in [2.24, 2.45) is 7.05 Å². The van der Waals surface area contributed by atoms with Gasteiger partial charge in [-0.3, -0.25) is 19.4 Å². The molecule has 1 N–H and O–H groups in total. The lowest BCUT2D eigenvalue weighted by Gasteiger charge is -2.17. The number of carbonyl (C=O) groups excluding carboxylic acids is 1. The number of aromatic nitrogens is 3. The fourth-order valence-corrected chi connectivity index (χ4v) is 3.16. The highest BCUT2D eigenvalue weighted by molar-refractivity contribution is 5.96. The van der Waals surface area contributed by atoms with E-state index in [-0.39, 0.29) is 18.3 Å². The van der Waals surface area contributed by atoms with Gasteiger partial charge in [-0.15, -0.1) is 0 Å². The molecule has 0 fully saturated rings. The van der Waals surface area contributed by atoms with Crippen molar-refractivity contribution in [2.45, 2.75) is 19.9 Å². The second-order valence-electron chi connectivity index (χ2n) is 6.73. The Labute approximate surface area is 164 Å². The van der Waals surface area contributed by atoms with Crippen molar-refractivity contribution in [3.8, 4) is 11.1 Å². The van der Waals surface area contributed by atoms with Crippen LogP contribution in [-0.2, 0) is 24.8 Å². The highest BCUT2D eigenvalue weighted by Gasteiger charge is 2.19. The smallest absolute Gasteiger partial charge is 0.239 e. The van der Waals surface area contributed by atoms with Crippen LogP contribution in [-0.4, -0.2) is 39.2 Å². The molecular weight excluding hydrogens is 357 g/mol. The van der Waals surface area contributed by atoms with Gasteiger partial charge in [0.15, 0.2) is 0 Å². The van der Waals surface area contributed by atoms with Gasteiger partial charge in [-0.2, -0.15) is 5.10 Å². The Morgan fingerprint density at radius 1 is 1.18 bits per heavy atom. The third-order valence-electron chi connectivity index (χ3n) is 4.46. The number of nitrogens with zero attached hydrogens (tertiary/aromatic N) is 4. The lowest BCUT2D eigenvalue weighted by atomic mass is 10.0. The van der Waals surface area contributed by atoms with Crippen molar-refractivity contribution in [1.29, 1.82) is 0 Å². The van der Waals surface area contributed by atoms with Gasteiger partial charge in [-0.05, 0) is 48.9 Å². The van der Waals surface area contributed by atoms with Crippen LogP contribution in [0, 0.1) is 5.82 Å². The minimum absolute atomic E-state index is 0.134. The van der Waals surface area contributed by atoms with Crippen LogP contribution in [0.15, 0.2) is 48.8 Å². The average Bonchev–Trinajstić information content (AvgIpc) is 2.98. The van der Waals surface area contributed by atoms with E-state index < -0.39 is 0 Å². The third kappa shape index (κ3) is 4.61. The van der Waals surface area contributed by atoms with E-state index >= 15 is 0 Å². The Hall–Kier alpha value is -3.06. The van der Waals surface area contributed by atoms with Gasteiger partial charge in [0, 0.05) is 31.5 Å². The van der Waals surface area contributed by atoms with Crippen LogP contribution in [0.4, 0.5) is 10.2 Å². The van der Waals surface area contributed by atoms with Crippen molar-refractivity contribution in [3.05, 3.63) is 65.9 Å². The fourth-order valence-electron chi connectivity index (χ4n) is 3.16. The summed E-state index contributed by atoms with van der Waals surface area (Å²) in [6.45, 7) is 2.88. The topological polar surface area (TPSA) is 63.1 Å². The highest BCUT2D eigenvalue weighted by atomic mass is 19.1. The summed E-state index contributed by atoms with van der Waals surface area (Å²) in [4.78, 5) is 18.6. The molecule has 3 aromatic rings. The second kappa shape index (κ2) is 8.75. The largest absolute Gasteiger partial charge is 0.309 e. The number of likely N-dealkylation sites (N-methyl/N-ethyl adjacent to an activating group) is 1. The highest BCUT2D eigenvalue weighted by Crippen LogP contribution is 2.32. The van der Waals surface area contributed by atoms with Crippen molar-refractivity contribution in [1.82, 2.24) is 19.7 Å². The molecule has 3 rings (SSSR count). The lowest BCUT2D eigenvalue weighted by molar-refractivity contribution is -0.117. The first-order valence-corrected chi connectivity index (χ1v) is 9.17. The summed E-state index contributed by atoms with van der Waals surface area (Å²) in [5.41, 5.74) is 3.60. The molecule has 0 aliphatic carbocycles. The van der Waals surface area contributed by atoms with Crippen LogP contribution < -0.4 is 5.32 Å². The first kappa shape index (κ1) is 19.7. The van der Waals surface area contributed by atoms with Crippen LogP contribution in [0.1, 0.15) is 18.2 Å². The van der Waals surface area contributed by atoms with Crippen LogP contribution >= 0.6 is 0 Å². The van der Waals surface area contributed by atoms with E-state index in [1.54, 1.807) is 36.3 Å². The molecule has 2 heterocycles. The van der Waals surface area contributed by atoms with E-state index in [2.05, 4.69) is 15.4 Å². The number of aryl methyl sites for hydroxylation is 2. The number of hydrogen-bond acceptors (Lipinski definition) is 4. The summed E-state index contributed by atoms with van der Waals surface area (Å²) in [5.74, 6) is 0.186. The minimum Gasteiger partial charge on any atom is -0.309 e. The minimum atomic E-state index is -0.297. The van der Waals surface area contributed by atoms with Crippen LogP contribution in [0.3, 0.4) is 0 Å². The summed E-state index contributed by atoms with van der Waals surface area (Å²) in [5, 5.41) is 7.49. The maximum atomic E-state index is 13.3. The van der Waals surface area contributed by atoms with Gasteiger partial charge in [0.25, 0.3) is 0 Å². The van der Waals surface area contributed by atoms with Crippen molar-refractivity contribution in [3.63, 3.8) is 0 Å². The number of pyridine rings is 1. The predicted molar refractivity (Wildman–Crippen MR) is 107 cm³/mol. The number of carbonyl (C=O) groups is 1. The molecule has 2 aromatic heterocycles. The van der Waals surface area contributed by atoms with Gasteiger partial charge in [-0.25, -0.2) is 4.39 Å². The first-order chi connectivity index (χ1) is 13.5. The van der Waals surface area contributed by atoms with E-state index in [1.807, 2.05) is 31.0 Å². The summed E-state index contributed by atoms with van der Waals surface area (Å²) < 4.78 is 15.0. The maximum absolute atomic E-state index is 13.3. The molecule has 146 valence electrons. The number of nitrogens with one attached hydrogen (secondary N) is 1. The molecule has 7 heteroatoms. The molecule has 0 aliphatic heterocycles. The molecule has 0 spiro atoms. The van der Waals surface area contributed by atoms with E-state index in [0.29, 0.717) is 18.8 Å². The molecular formula is C21H24FN5O. The predicted octanol–water partition coefficient (Wildman–Crippen LogP) is 3.25.